The molecule has 0 unspecified atom stereocenters. The largest absolute Gasteiger partial charge is 0.493 e. The number of esters is 1. The summed E-state index contributed by atoms with van der Waals surface area (Å²) in [4.78, 5) is 21.3. The summed E-state index contributed by atoms with van der Waals surface area (Å²) in [5.41, 5.74) is 7.56. The number of carbonyl (C=O) groups excluding carboxylic acids is 2. The Bertz CT molecular complexity index is 485. The van der Waals surface area contributed by atoms with Crippen LogP contribution < -0.4 is 20.6 Å². The summed E-state index contributed by atoms with van der Waals surface area (Å²) in [7, 11) is 1.45. The van der Waals surface area contributed by atoms with Crippen LogP contribution in [0.3, 0.4) is 0 Å². The average Bonchev–Trinajstić information content (AvgIpc) is 2.29. The maximum absolute atomic E-state index is 10.8. The van der Waals surface area contributed by atoms with Gasteiger partial charge in [0.2, 0.25) is 0 Å². The second-order valence-electron chi connectivity index (χ2n) is 3.24. The Kier molecular flexibility index (Phi) is 4.67. The molecule has 1 rings (SSSR count). The van der Waals surface area contributed by atoms with Crippen LogP contribution in [0.4, 0.5) is 4.79 Å². The quantitative estimate of drug-likeness (QED) is 0.354. The predicted octanol–water partition coefficient (Wildman–Crippen LogP) is 0.623. The molecule has 0 spiro atoms. The summed E-state index contributed by atoms with van der Waals surface area (Å²) in [6.07, 6.45) is 1.38. The molecule has 0 aromatic heterocycles. The van der Waals surface area contributed by atoms with E-state index >= 15 is 0 Å². The molecule has 0 aliphatic rings. The maximum atomic E-state index is 10.8. The number of hydrogen-bond acceptors (Lipinski definition) is 5. The minimum absolute atomic E-state index is 0.310. The highest BCUT2D eigenvalue weighted by Gasteiger charge is 2.07. The molecule has 7 heteroatoms. The minimum Gasteiger partial charge on any atom is -0.493 e. The normalized spacial score (nSPS) is 10.1. The Morgan fingerprint density at radius 2 is 2.11 bits per heavy atom. The molecule has 0 aliphatic carbocycles. The van der Waals surface area contributed by atoms with Gasteiger partial charge in [0.1, 0.15) is 0 Å². The number of urea groups is 1. The SMILES string of the molecule is COc1cc(C=NNC(N)=O)ccc1OC(C)=O. The number of benzene rings is 1. The van der Waals surface area contributed by atoms with Gasteiger partial charge in [-0.25, -0.2) is 10.2 Å². The zero-order valence-electron chi connectivity index (χ0n) is 9.97. The first kappa shape index (κ1) is 13.5. The van der Waals surface area contributed by atoms with Crippen molar-refractivity contribution >= 4 is 18.2 Å². The predicted molar refractivity (Wildman–Crippen MR) is 64.6 cm³/mol. The number of amides is 2. The molecule has 0 saturated carbocycles. The van der Waals surface area contributed by atoms with Gasteiger partial charge in [-0.3, -0.25) is 4.79 Å². The van der Waals surface area contributed by atoms with E-state index in [1.165, 1.54) is 20.2 Å². The molecule has 18 heavy (non-hydrogen) atoms. The van der Waals surface area contributed by atoms with Gasteiger partial charge in [0, 0.05) is 6.92 Å². The Morgan fingerprint density at radius 3 is 2.67 bits per heavy atom. The number of nitrogens with zero attached hydrogens (tertiary/aromatic N) is 1. The Hall–Kier alpha value is -2.57. The van der Waals surface area contributed by atoms with Gasteiger partial charge in [0.05, 0.1) is 13.3 Å². The number of carbonyl (C=O) groups is 2. The first-order chi connectivity index (χ1) is 8.52. The van der Waals surface area contributed by atoms with E-state index in [0.717, 1.165) is 0 Å². The van der Waals surface area contributed by atoms with Crippen LogP contribution in [0.25, 0.3) is 0 Å². The lowest BCUT2D eigenvalue weighted by Crippen LogP contribution is -2.24. The van der Waals surface area contributed by atoms with E-state index in [1.54, 1.807) is 18.2 Å². The van der Waals surface area contributed by atoms with Gasteiger partial charge in [-0.15, -0.1) is 0 Å². The van der Waals surface area contributed by atoms with Gasteiger partial charge in [0.15, 0.2) is 11.5 Å². The first-order valence-electron chi connectivity index (χ1n) is 4.98. The van der Waals surface area contributed by atoms with Crippen molar-refractivity contribution in [1.29, 1.82) is 0 Å². The van der Waals surface area contributed by atoms with Crippen LogP contribution in [0.15, 0.2) is 23.3 Å². The number of ether oxygens (including phenoxy) is 2. The third-order valence-electron chi connectivity index (χ3n) is 1.83. The Balaban J connectivity index is 2.87. The van der Waals surface area contributed by atoms with Crippen molar-refractivity contribution < 1.29 is 19.1 Å². The highest BCUT2D eigenvalue weighted by atomic mass is 16.6. The molecule has 1 aromatic rings. The topological polar surface area (TPSA) is 103 Å². The fourth-order valence-corrected chi connectivity index (χ4v) is 1.17. The molecule has 0 radical (unpaired) electrons. The van der Waals surface area contributed by atoms with Crippen molar-refractivity contribution in [2.45, 2.75) is 6.92 Å². The second kappa shape index (κ2) is 6.24. The summed E-state index contributed by atoms with van der Waals surface area (Å²) >= 11 is 0. The lowest BCUT2D eigenvalue weighted by molar-refractivity contribution is -0.132. The first-order valence-corrected chi connectivity index (χ1v) is 4.98. The van der Waals surface area contributed by atoms with Crippen LogP contribution in [0.1, 0.15) is 12.5 Å². The van der Waals surface area contributed by atoms with Crippen LogP contribution >= 0.6 is 0 Å². The monoisotopic (exact) mass is 251 g/mol. The standard InChI is InChI=1S/C11H13N3O4/c1-7(15)18-9-4-3-8(5-10(9)17-2)6-13-14-11(12)16/h3-6H,1-2H3,(H3,12,14,16). The van der Waals surface area contributed by atoms with E-state index in [4.69, 9.17) is 15.2 Å². The molecule has 0 bridgehead atoms. The van der Waals surface area contributed by atoms with E-state index in [0.29, 0.717) is 17.1 Å². The van der Waals surface area contributed by atoms with Crippen LogP contribution in [-0.2, 0) is 4.79 Å². The van der Waals surface area contributed by atoms with Gasteiger partial charge in [-0.1, -0.05) is 0 Å². The fraction of sp³-hybridized carbons (Fsp3) is 0.182. The van der Waals surface area contributed by atoms with Gasteiger partial charge < -0.3 is 15.2 Å². The van der Waals surface area contributed by atoms with E-state index in [-0.39, 0.29) is 0 Å². The summed E-state index contributed by atoms with van der Waals surface area (Å²) in [5.74, 6) is 0.253. The lowest BCUT2D eigenvalue weighted by Gasteiger charge is -2.08. The third kappa shape index (κ3) is 4.12. The fourth-order valence-electron chi connectivity index (χ4n) is 1.17. The van der Waals surface area contributed by atoms with E-state index in [9.17, 15) is 9.59 Å². The molecule has 3 N–H and O–H groups in total. The van der Waals surface area contributed by atoms with Crippen molar-refractivity contribution in [2.75, 3.05) is 7.11 Å². The van der Waals surface area contributed by atoms with Crippen LogP contribution in [-0.4, -0.2) is 25.3 Å². The Morgan fingerprint density at radius 1 is 1.39 bits per heavy atom. The van der Waals surface area contributed by atoms with Crippen molar-refractivity contribution in [2.24, 2.45) is 10.8 Å². The number of rotatable bonds is 4. The molecule has 0 aliphatic heterocycles. The zero-order valence-corrected chi connectivity index (χ0v) is 9.97. The third-order valence-corrected chi connectivity index (χ3v) is 1.83. The highest BCUT2D eigenvalue weighted by Crippen LogP contribution is 2.27. The number of nitrogens with two attached hydrogens (primary N) is 1. The number of methoxy groups -OCH3 is 1. The number of hydrazone groups is 1. The number of primary amides is 1. The smallest absolute Gasteiger partial charge is 0.332 e. The highest BCUT2D eigenvalue weighted by molar-refractivity contribution is 5.83. The van der Waals surface area contributed by atoms with Gasteiger partial charge >= 0.3 is 12.0 Å². The lowest BCUT2D eigenvalue weighted by atomic mass is 10.2. The molecule has 0 saturated heterocycles. The molecule has 0 fully saturated rings. The summed E-state index contributed by atoms with van der Waals surface area (Å²) in [5, 5.41) is 3.59. The minimum atomic E-state index is -0.755. The molecule has 96 valence electrons. The van der Waals surface area contributed by atoms with Crippen molar-refractivity contribution in [3.63, 3.8) is 0 Å². The van der Waals surface area contributed by atoms with E-state index in [1.807, 2.05) is 0 Å². The van der Waals surface area contributed by atoms with Crippen LogP contribution in [0.5, 0.6) is 11.5 Å². The van der Waals surface area contributed by atoms with Gasteiger partial charge in [-0.2, -0.15) is 5.10 Å². The van der Waals surface area contributed by atoms with E-state index < -0.39 is 12.0 Å². The molecule has 0 heterocycles. The summed E-state index contributed by atoms with van der Waals surface area (Å²) in [6.45, 7) is 1.30. The van der Waals surface area contributed by atoms with Gasteiger partial charge in [0.25, 0.3) is 0 Å². The van der Waals surface area contributed by atoms with E-state index in [2.05, 4.69) is 10.5 Å². The van der Waals surface area contributed by atoms with Crippen molar-refractivity contribution in [1.82, 2.24) is 5.43 Å². The van der Waals surface area contributed by atoms with Crippen molar-refractivity contribution in [3.8, 4) is 11.5 Å². The number of hydrogen-bond donors (Lipinski definition) is 2. The molecular weight excluding hydrogens is 238 g/mol. The maximum Gasteiger partial charge on any atom is 0.332 e. The zero-order chi connectivity index (χ0) is 13.5. The Labute approximate surface area is 104 Å². The molecule has 1 aromatic carbocycles. The molecule has 0 atom stereocenters. The molecular formula is C11H13N3O4. The summed E-state index contributed by atoms with van der Waals surface area (Å²) < 4.78 is 10.00. The molecule has 2 amide bonds. The van der Waals surface area contributed by atoms with Crippen LogP contribution in [0.2, 0.25) is 0 Å². The van der Waals surface area contributed by atoms with Crippen molar-refractivity contribution in [3.05, 3.63) is 23.8 Å². The number of nitrogens with one attached hydrogen (secondary N) is 1. The van der Waals surface area contributed by atoms with Gasteiger partial charge in [-0.05, 0) is 23.8 Å². The molecule has 7 nitrogen and oxygen atoms in total. The average molecular weight is 251 g/mol. The summed E-state index contributed by atoms with van der Waals surface area (Å²) in [6, 6.07) is 4.05. The van der Waals surface area contributed by atoms with Crippen LogP contribution in [0, 0.1) is 0 Å². The second-order valence-corrected chi connectivity index (χ2v) is 3.24.